The molecule has 2 heterocycles. The molecule has 0 aliphatic carbocycles. The minimum absolute atomic E-state index is 0.0137. The van der Waals surface area contributed by atoms with Crippen molar-refractivity contribution in [2.75, 3.05) is 0 Å². The van der Waals surface area contributed by atoms with E-state index in [0.29, 0.717) is 11.5 Å². The Morgan fingerprint density at radius 2 is 1.37 bits per heavy atom. The summed E-state index contributed by atoms with van der Waals surface area (Å²) >= 11 is 0. The normalized spacial score (nSPS) is 13.0. The highest BCUT2D eigenvalue weighted by Gasteiger charge is 2.35. The summed E-state index contributed by atoms with van der Waals surface area (Å²) < 4.78 is 40.5. The number of nitrogens with zero attached hydrogens (tertiary/aromatic N) is 4. The van der Waals surface area contributed by atoms with Crippen molar-refractivity contribution in [2.24, 2.45) is 7.05 Å². The molecule has 0 radical (unpaired) electrons. The Labute approximate surface area is 175 Å². The van der Waals surface area contributed by atoms with E-state index in [-0.39, 0.29) is 16.5 Å². The molecule has 3 aromatic rings. The third-order valence-electron chi connectivity index (χ3n) is 4.94. The molecule has 0 saturated carbocycles. The van der Waals surface area contributed by atoms with Crippen LogP contribution in [0.4, 0.5) is 13.2 Å². The number of alkyl halides is 3. The highest BCUT2D eigenvalue weighted by molar-refractivity contribution is 5.63. The molecule has 0 N–H and O–H groups in total. The Bertz CT molecular complexity index is 1050. The SMILES string of the molecule is Cn1nc(-c2cc(C(C)(C)C)nc(-c3ccc(C(C)(C)C)cc3)n2)cc1C(F)(F)F. The molecule has 1 aromatic carbocycles. The van der Waals surface area contributed by atoms with Gasteiger partial charge in [0.2, 0.25) is 0 Å². The first-order chi connectivity index (χ1) is 13.7. The largest absolute Gasteiger partial charge is 0.433 e. The lowest BCUT2D eigenvalue weighted by Crippen LogP contribution is -2.15. The standard InChI is InChI=1S/C23H27F3N4/c1-21(2,3)15-10-8-14(9-11-15)20-27-16(12-18(28-20)22(4,5)6)17-13-19(23(24,25)26)30(7)29-17/h8-13H,1-7H3. The Morgan fingerprint density at radius 1 is 0.767 bits per heavy atom. The summed E-state index contributed by atoms with van der Waals surface area (Å²) in [6, 6.07) is 10.7. The van der Waals surface area contributed by atoms with Crippen LogP contribution in [0.15, 0.2) is 36.4 Å². The molecular formula is C23H27F3N4. The van der Waals surface area contributed by atoms with Crippen molar-refractivity contribution in [2.45, 2.75) is 58.5 Å². The van der Waals surface area contributed by atoms with E-state index >= 15 is 0 Å². The predicted octanol–water partition coefficient (Wildman–Crippen LogP) is 6.16. The smallest absolute Gasteiger partial charge is 0.263 e. The van der Waals surface area contributed by atoms with E-state index in [1.807, 2.05) is 45.0 Å². The Balaban J connectivity index is 2.15. The molecule has 0 aliphatic heterocycles. The van der Waals surface area contributed by atoms with Crippen molar-refractivity contribution in [1.29, 1.82) is 0 Å². The number of rotatable bonds is 2. The van der Waals surface area contributed by atoms with Gasteiger partial charge in [0.1, 0.15) is 11.4 Å². The van der Waals surface area contributed by atoms with E-state index in [9.17, 15) is 13.2 Å². The van der Waals surface area contributed by atoms with Gasteiger partial charge >= 0.3 is 6.18 Å². The fraction of sp³-hybridized carbons (Fsp3) is 0.435. The van der Waals surface area contributed by atoms with Crippen molar-refractivity contribution in [3.05, 3.63) is 53.3 Å². The topological polar surface area (TPSA) is 43.6 Å². The van der Waals surface area contributed by atoms with E-state index < -0.39 is 11.9 Å². The Morgan fingerprint density at radius 3 is 1.83 bits per heavy atom. The van der Waals surface area contributed by atoms with E-state index in [0.717, 1.165) is 22.0 Å². The van der Waals surface area contributed by atoms with E-state index in [1.165, 1.54) is 12.6 Å². The van der Waals surface area contributed by atoms with Crippen LogP contribution in [0.25, 0.3) is 22.8 Å². The quantitative estimate of drug-likeness (QED) is 0.503. The van der Waals surface area contributed by atoms with Crippen LogP contribution in [-0.2, 0) is 24.1 Å². The summed E-state index contributed by atoms with van der Waals surface area (Å²) in [6.45, 7) is 12.4. The van der Waals surface area contributed by atoms with Gasteiger partial charge in [0.05, 0.1) is 11.4 Å². The predicted molar refractivity (Wildman–Crippen MR) is 112 cm³/mol. The molecular weight excluding hydrogens is 389 g/mol. The fourth-order valence-corrected chi connectivity index (χ4v) is 3.07. The van der Waals surface area contributed by atoms with Gasteiger partial charge in [-0.05, 0) is 23.1 Å². The summed E-state index contributed by atoms with van der Waals surface area (Å²) in [7, 11) is 1.28. The van der Waals surface area contributed by atoms with Crippen LogP contribution in [0.5, 0.6) is 0 Å². The molecule has 0 spiro atoms. The molecule has 0 unspecified atom stereocenters. The number of hydrogen-bond donors (Lipinski definition) is 0. The van der Waals surface area contributed by atoms with Gasteiger partial charge in [-0.3, -0.25) is 4.68 Å². The van der Waals surface area contributed by atoms with Crippen LogP contribution in [-0.4, -0.2) is 19.7 Å². The highest BCUT2D eigenvalue weighted by atomic mass is 19.4. The lowest BCUT2D eigenvalue weighted by atomic mass is 9.86. The molecule has 160 valence electrons. The molecule has 30 heavy (non-hydrogen) atoms. The summed E-state index contributed by atoms with van der Waals surface area (Å²) in [6.07, 6.45) is -4.48. The van der Waals surface area contributed by atoms with Crippen molar-refractivity contribution >= 4 is 0 Å². The monoisotopic (exact) mass is 416 g/mol. The molecule has 0 atom stereocenters. The van der Waals surface area contributed by atoms with Crippen LogP contribution in [0.2, 0.25) is 0 Å². The van der Waals surface area contributed by atoms with Gasteiger partial charge in [0, 0.05) is 18.0 Å². The summed E-state index contributed by atoms with van der Waals surface area (Å²) in [5.41, 5.74) is 2.16. The second-order valence-electron chi connectivity index (χ2n) is 9.58. The van der Waals surface area contributed by atoms with Crippen molar-refractivity contribution in [3.63, 3.8) is 0 Å². The molecule has 0 bridgehead atoms. The number of hydrogen-bond acceptors (Lipinski definition) is 3. The zero-order chi connectivity index (χ0) is 22.5. The number of aryl methyl sites for hydroxylation is 1. The first kappa shape index (κ1) is 22.0. The Kier molecular flexibility index (Phi) is 5.29. The first-order valence-electron chi connectivity index (χ1n) is 9.78. The van der Waals surface area contributed by atoms with Crippen molar-refractivity contribution < 1.29 is 13.2 Å². The van der Waals surface area contributed by atoms with Gasteiger partial charge in [-0.15, -0.1) is 0 Å². The molecule has 2 aromatic heterocycles. The lowest BCUT2D eigenvalue weighted by molar-refractivity contribution is -0.143. The van der Waals surface area contributed by atoms with E-state index in [4.69, 9.17) is 4.98 Å². The first-order valence-corrected chi connectivity index (χ1v) is 9.78. The van der Waals surface area contributed by atoms with Gasteiger partial charge in [-0.25, -0.2) is 9.97 Å². The minimum atomic E-state index is -4.48. The maximum Gasteiger partial charge on any atom is 0.433 e. The van der Waals surface area contributed by atoms with Crippen LogP contribution in [0.1, 0.15) is 58.5 Å². The molecule has 7 heteroatoms. The van der Waals surface area contributed by atoms with Gasteiger partial charge < -0.3 is 0 Å². The number of benzene rings is 1. The van der Waals surface area contributed by atoms with Crippen molar-refractivity contribution in [1.82, 2.24) is 19.7 Å². The Hall–Kier alpha value is -2.70. The molecule has 0 saturated heterocycles. The maximum absolute atomic E-state index is 13.2. The van der Waals surface area contributed by atoms with Crippen LogP contribution in [0, 0.1) is 0 Å². The molecule has 0 aliphatic rings. The third-order valence-corrected chi connectivity index (χ3v) is 4.94. The van der Waals surface area contributed by atoms with E-state index in [2.05, 4.69) is 30.9 Å². The zero-order valence-electron chi connectivity index (χ0n) is 18.4. The molecule has 0 amide bonds. The van der Waals surface area contributed by atoms with Gasteiger partial charge in [0.25, 0.3) is 0 Å². The lowest BCUT2D eigenvalue weighted by Gasteiger charge is -2.20. The maximum atomic E-state index is 13.2. The summed E-state index contributed by atoms with van der Waals surface area (Å²) in [5, 5.41) is 4.06. The third kappa shape index (κ3) is 4.55. The summed E-state index contributed by atoms with van der Waals surface area (Å²) in [5.74, 6) is 0.470. The summed E-state index contributed by atoms with van der Waals surface area (Å²) in [4.78, 5) is 9.26. The minimum Gasteiger partial charge on any atom is -0.263 e. The molecule has 0 fully saturated rings. The number of aromatic nitrogens is 4. The highest BCUT2D eigenvalue weighted by Crippen LogP contribution is 2.33. The molecule has 4 nitrogen and oxygen atoms in total. The van der Waals surface area contributed by atoms with Crippen molar-refractivity contribution in [3.8, 4) is 22.8 Å². The van der Waals surface area contributed by atoms with Gasteiger partial charge in [0.15, 0.2) is 5.82 Å². The number of halogens is 3. The van der Waals surface area contributed by atoms with E-state index in [1.54, 1.807) is 6.07 Å². The average molecular weight is 416 g/mol. The second kappa shape index (κ2) is 7.22. The van der Waals surface area contributed by atoms with Crippen LogP contribution >= 0.6 is 0 Å². The molecule has 3 rings (SSSR count). The second-order valence-corrected chi connectivity index (χ2v) is 9.58. The van der Waals surface area contributed by atoms with Crippen LogP contribution < -0.4 is 0 Å². The van der Waals surface area contributed by atoms with Gasteiger partial charge in [-0.2, -0.15) is 18.3 Å². The van der Waals surface area contributed by atoms with Gasteiger partial charge in [-0.1, -0.05) is 65.8 Å². The average Bonchev–Trinajstić information content (AvgIpc) is 3.02. The van der Waals surface area contributed by atoms with Crippen LogP contribution in [0.3, 0.4) is 0 Å². The fourth-order valence-electron chi connectivity index (χ4n) is 3.07. The zero-order valence-corrected chi connectivity index (χ0v) is 18.4.